The average molecular weight is 349 g/mol. The molecule has 9 heteroatoms. The second kappa shape index (κ2) is 8.67. The van der Waals surface area contributed by atoms with E-state index in [-0.39, 0.29) is 37.9 Å². The van der Waals surface area contributed by atoms with Crippen LogP contribution in [0, 0.1) is 0 Å². The molecule has 0 saturated heterocycles. The van der Waals surface area contributed by atoms with E-state index in [1.54, 1.807) is 24.3 Å². The van der Waals surface area contributed by atoms with E-state index in [0.717, 1.165) is 0 Å². The highest BCUT2D eigenvalue weighted by molar-refractivity contribution is 5.99. The largest absolute Gasteiger partial charge is 0.491 e. The first kappa shape index (κ1) is 18.2. The number of anilines is 1. The second-order valence-corrected chi connectivity index (χ2v) is 5.16. The molecule has 25 heavy (non-hydrogen) atoms. The van der Waals surface area contributed by atoms with Gasteiger partial charge in [0.15, 0.2) is 6.61 Å². The fourth-order valence-electron chi connectivity index (χ4n) is 2.13. The number of fused-ring (bicyclic) bond motifs is 1. The first-order valence-corrected chi connectivity index (χ1v) is 7.66. The summed E-state index contributed by atoms with van der Waals surface area (Å²) in [4.78, 5) is 47.9. The number of likely N-dealkylation sites (N-methyl/N-ethyl adjacent to an activating group) is 1. The lowest BCUT2D eigenvalue weighted by atomic mass is 10.2. The summed E-state index contributed by atoms with van der Waals surface area (Å²) in [5.74, 6) is -1.48. The third-order valence-electron chi connectivity index (χ3n) is 3.41. The molecule has 0 bridgehead atoms. The van der Waals surface area contributed by atoms with Gasteiger partial charge in [-0.15, -0.1) is 0 Å². The summed E-state index contributed by atoms with van der Waals surface area (Å²) in [6.07, 6.45) is 0.134. The van der Waals surface area contributed by atoms with Crippen molar-refractivity contribution in [2.24, 2.45) is 0 Å². The SMILES string of the molecule is CNC(=O)CNC(=O)COC(=O)CN1C(=O)CCOc2ccccc21. The first-order chi connectivity index (χ1) is 12.0. The number of carbonyl (C=O) groups excluding carboxylic acids is 4. The van der Waals surface area contributed by atoms with Crippen LogP contribution in [0.1, 0.15) is 6.42 Å². The van der Waals surface area contributed by atoms with Crippen LogP contribution in [-0.4, -0.2) is 57.0 Å². The number of amides is 3. The van der Waals surface area contributed by atoms with Gasteiger partial charge in [-0.25, -0.2) is 0 Å². The van der Waals surface area contributed by atoms with Crippen LogP contribution in [0.2, 0.25) is 0 Å². The molecule has 0 spiro atoms. The minimum absolute atomic E-state index is 0.134. The van der Waals surface area contributed by atoms with E-state index >= 15 is 0 Å². The van der Waals surface area contributed by atoms with Gasteiger partial charge in [0.2, 0.25) is 11.8 Å². The van der Waals surface area contributed by atoms with Crippen LogP contribution in [0.4, 0.5) is 5.69 Å². The van der Waals surface area contributed by atoms with Crippen molar-refractivity contribution in [1.29, 1.82) is 0 Å². The number of hydrogen-bond acceptors (Lipinski definition) is 6. The summed E-state index contributed by atoms with van der Waals surface area (Å²) in [5.41, 5.74) is 0.478. The zero-order valence-corrected chi connectivity index (χ0v) is 13.7. The van der Waals surface area contributed by atoms with E-state index < -0.39 is 18.5 Å². The number of benzene rings is 1. The van der Waals surface area contributed by atoms with Gasteiger partial charge in [0, 0.05) is 7.05 Å². The lowest BCUT2D eigenvalue weighted by Gasteiger charge is -2.20. The molecular weight excluding hydrogens is 330 g/mol. The summed E-state index contributed by atoms with van der Waals surface area (Å²) in [5, 5.41) is 4.64. The second-order valence-electron chi connectivity index (χ2n) is 5.16. The standard InChI is InChI=1S/C16H19N3O6/c1-17-13(20)8-18-14(21)10-25-16(23)9-19-11-4-2-3-5-12(11)24-7-6-15(19)22/h2-5H,6-10H2,1H3,(H,17,20)(H,18,21). The molecule has 1 aromatic carbocycles. The fourth-order valence-corrected chi connectivity index (χ4v) is 2.13. The van der Waals surface area contributed by atoms with Crippen molar-refractivity contribution in [2.75, 3.05) is 38.3 Å². The van der Waals surface area contributed by atoms with Crippen molar-refractivity contribution < 1.29 is 28.7 Å². The lowest BCUT2D eigenvalue weighted by Crippen LogP contribution is -2.39. The molecular formula is C16H19N3O6. The number of hydrogen-bond donors (Lipinski definition) is 2. The fraction of sp³-hybridized carbons (Fsp3) is 0.375. The molecule has 0 atom stereocenters. The van der Waals surface area contributed by atoms with Gasteiger partial charge in [-0.1, -0.05) is 12.1 Å². The van der Waals surface area contributed by atoms with E-state index in [4.69, 9.17) is 9.47 Å². The highest BCUT2D eigenvalue weighted by Crippen LogP contribution is 2.30. The summed E-state index contributed by atoms with van der Waals surface area (Å²) >= 11 is 0. The Morgan fingerprint density at radius 2 is 2.00 bits per heavy atom. The van der Waals surface area contributed by atoms with E-state index in [1.165, 1.54) is 11.9 Å². The van der Waals surface area contributed by atoms with E-state index in [9.17, 15) is 19.2 Å². The van der Waals surface area contributed by atoms with Crippen molar-refractivity contribution >= 4 is 29.4 Å². The monoisotopic (exact) mass is 349 g/mol. The Morgan fingerprint density at radius 1 is 1.24 bits per heavy atom. The number of carbonyl (C=O) groups is 4. The predicted molar refractivity (Wildman–Crippen MR) is 86.9 cm³/mol. The first-order valence-electron chi connectivity index (χ1n) is 7.66. The number of ether oxygens (including phenoxy) is 2. The van der Waals surface area contributed by atoms with Gasteiger partial charge >= 0.3 is 5.97 Å². The Bertz CT molecular complexity index is 676. The molecule has 1 aliphatic heterocycles. The number of nitrogens with zero attached hydrogens (tertiary/aromatic N) is 1. The van der Waals surface area contributed by atoms with Gasteiger partial charge in [0.1, 0.15) is 12.3 Å². The molecule has 134 valence electrons. The normalized spacial score (nSPS) is 13.2. The van der Waals surface area contributed by atoms with Gasteiger partial charge in [-0.2, -0.15) is 0 Å². The molecule has 2 N–H and O–H groups in total. The number of rotatable bonds is 6. The Kier molecular flexibility index (Phi) is 6.33. The average Bonchev–Trinajstić information content (AvgIpc) is 2.77. The minimum atomic E-state index is -0.736. The van der Waals surface area contributed by atoms with Crippen molar-refractivity contribution in [3.63, 3.8) is 0 Å². The Labute approximate surface area is 144 Å². The molecule has 1 aromatic rings. The maximum atomic E-state index is 12.2. The molecule has 3 amide bonds. The highest BCUT2D eigenvalue weighted by atomic mass is 16.5. The quantitative estimate of drug-likeness (QED) is 0.651. The molecule has 1 heterocycles. The molecule has 1 aliphatic rings. The van der Waals surface area contributed by atoms with Crippen LogP contribution >= 0.6 is 0 Å². The van der Waals surface area contributed by atoms with E-state index in [0.29, 0.717) is 11.4 Å². The van der Waals surface area contributed by atoms with Crippen LogP contribution in [0.3, 0.4) is 0 Å². The summed E-state index contributed by atoms with van der Waals surface area (Å²) in [7, 11) is 1.44. The molecule has 0 unspecified atom stereocenters. The minimum Gasteiger partial charge on any atom is -0.491 e. The maximum Gasteiger partial charge on any atom is 0.326 e. The van der Waals surface area contributed by atoms with Crippen molar-refractivity contribution in [3.05, 3.63) is 24.3 Å². The number of esters is 1. The smallest absolute Gasteiger partial charge is 0.326 e. The summed E-state index contributed by atoms with van der Waals surface area (Å²) in [6.45, 7) is -0.844. The molecule has 0 saturated carbocycles. The molecule has 0 radical (unpaired) electrons. The summed E-state index contributed by atoms with van der Waals surface area (Å²) < 4.78 is 10.3. The molecule has 0 aliphatic carbocycles. The van der Waals surface area contributed by atoms with Gasteiger partial charge < -0.3 is 20.1 Å². The van der Waals surface area contributed by atoms with Crippen LogP contribution in [0.25, 0.3) is 0 Å². The molecule has 0 aromatic heterocycles. The van der Waals surface area contributed by atoms with Crippen molar-refractivity contribution in [2.45, 2.75) is 6.42 Å². The molecule has 2 rings (SSSR count). The van der Waals surface area contributed by atoms with Crippen molar-refractivity contribution in [1.82, 2.24) is 10.6 Å². The van der Waals surface area contributed by atoms with Crippen LogP contribution in [0.15, 0.2) is 24.3 Å². The molecule has 0 fully saturated rings. The van der Waals surface area contributed by atoms with Gasteiger partial charge in [-0.3, -0.25) is 24.1 Å². The van der Waals surface area contributed by atoms with E-state index in [2.05, 4.69) is 10.6 Å². The summed E-state index contributed by atoms with van der Waals surface area (Å²) in [6, 6.07) is 6.87. The van der Waals surface area contributed by atoms with Gasteiger partial charge in [0.25, 0.3) is 5.91 Å². The Balaban J connectivity index is 1.90. The zero-order valence-electron chi connectivity index (χ0n) is 13.7. The van der Waals surface area contributed by atoms with Gasteiger partial charge in [-0.05, 0) is 12.1 Å². The Hall–Kier alpha value is -3.10. The predicted octanol–water partition coefficient (Wildman–Crippen LogP) is -0.792. The van der Waals surface area contributed by atoms with Gasteiger partial charge in [0.05, 0.1) is 25.3 Å². The van der Waals surface area contributed by atoms with Crippen LogP contribution in [0.5, 0.6) is 5.75 Å². The van der Waals surface area contributed by atoms with E-state index in [1.807, 2.05) is 0 Å². The van der Waals surface area contributed by atoms with Crippen molar-refractivity contribution in [3.8, 4) is 5.75 Å². The maximum absolute atomic E-state index is 12.2. The zero-order chi connectivity index (χ0) is 18.2. The number of nitrogens with one attached hydrogen (secondary N) is 2. The highest BCUT2D eigenvalue weighted by Gasteiger charge is 2.25. The third-order valence-corrected chi connectivity index (χ3v) is 3.41. The Morgan fingerprint density at radius 3 is 2.76 bits per heavy atom. The van der Waals surface area contributed by atoms with Crippen LogP contribution < -0.4 is 20.3 Å². The molecule has 9 nitrogen and oxygen atoms in total. The lowest BCUT2D eigenvalue weighted by molar-refractivity contribution is -0.147. The van der Waals surface area contributed by atoms with Crippen LogP contribution in [-0.2, 0) is 23.9 Å². The number of para-hydroxylation sites is 2. The topological polar surface area (TPSA) is 114 Å². The third kappa shape index (κ3) is 5.20.